The van der Waals surface area contributed by atoms with Crippen molar-refractivity contribution in [2.45, 2.75) is 11.1 Å². The van der Waals surface area contributed by atoms with Gasteiger partial charge in [-0.3, -0.25) is 4.79 Å². The summed E-state index contributed by atoms with van der Waals surface area (Å²) in [4.78, 5) is 13.3. The summed E-state index contributed by atoms with van der Waals surface area (Å²) in [6.07, 6.45) is 1.99. The lowest BCUT2D eigenvalue weighted by Gasteiger charge is -2.01. The Bertz CT molecular complexity index is 1010. The van der Waals surface area contributed by atoms with Crippen molar-refractivity contribution < 1.29 is 23.1 Å². The number of halogens is 1. The largest absolute Gasteiger partial charge is 0.496 e. The molecule has 3 aromatic rings. The molecule has 0 aliphatic heterocycles. The van der Waals surface area contributed by atoms with E-state index in [1.807, 2.05) is 29.1 Å². The number of carbonyl (C=O) groups is 1. The molecule has 7 nitrogen and oxygen atoms in total. The van der Waals surface area contributed by atoms with E-state index >= 15 is 0 Å². The summed E-state index contributed by atoms with van der Waals surface area (Å²) in [7, 11) is -1.98. The third-order valence-corrected chi connectivity index (χ3v) is 6.83. The van der Waals surface area contributed by atoms with Crippen LogP contribution >= 0.6 is 27.3 Å². The molecule has 0 saturated carbocycles. The molecule has 0 unspecified atom stereocenters. The summed E-state index contributed by atoms with van der Waals surface area (Å²) in [6, 6.07) is 8.99. The Hall–Kier alpha value is -1.88. The van der Waals surface area contributed by atoms with E-state index in [0.717, 1.165) is 22.6 Å². The second-order valence-electron chi connectivity index (χ2n) is 5.13. The number of H-pyrrole nitrogens is 1. The van der Waals surface area contributed by atoms with Gasteiger partial charge in [-0.2, -0.15) is 4.72 Å². The Kier molecular flexibility index (Phi) is 6.81. The van der Waals surface area contributed by atoms with Gasteiger partial charge < -0.3 is 14.8 Å². The second kappa shape index (κ2) is 8.67. The normalized spacial score (nSPS) is 11.0. The number of sulfonamides is 1. The molecule has 140 valence electrons. The number of rotatable bonds is 5. The van der Waals surface area contributed by atoms with Gasteiger partial charge in [0, 0.05) is 17.1 Å². The maximum atomic E-state index is 11.4. The quantitative estimate of drug-likeness (QED) is 0.540. The molecule has 0 radical (unpaired) electrons. The minimum absolute atomic E-state index is 0.0885. The van der Waals surface area contributed by atoms with E-state index in [9.17, 15) is 13.2 Å². The van der Waals surface area contributed by atoms with Crippen LogP contribution in [0.1, 0.15) is 5.56 Å². The molecule has 0 fully saturated rings. The summed E-state index contributed by atoms with van der Waals surface area (Å²) in [5, 5.41) is 9.48. The number of benzene rings is 1. The van der Waals surface area contributed by atoms with Crippen LogP contribution in [0.25, 0.3) is 10.9 Å². The summed E-state index contributed by atoms with van der Waals surface area (Å²) >= 11 is 4.13. The number of aromatic amines is 1. The third-order valence-electron chi connectivity index (χ3n) is 3.31. The van der Waals surface area contributed by atoms with Crippen molar-refractivity contribution in [1.82, 2.24) is 9.71 Å². The number of hydrogen-bond acceptors (Lipinski definition) is 5. The molecule has 0 spiro atoms. The zero-order chi connectivity index (χ0) is 19.3. The Labute approximate surface area is 163 Å². The van der Waals surface area contributed by atoms with E-state index < -0.39 is 22.5 Å². The lowest BCUT2D eigenvalue weighted by Crippen LogP contribution is -2.28. The van der Waals surface area contributed by atoms with E-state index in [2.05, 4.69) is 27.8 Å². The van der Waals surface area contributed by atoms with Gasteiger partial charge in [-0.1, -0.05) is 6.07 Å². The summed E-state index contributed by atoms with van der Waals surface area (Å²) in [5.41, 5.74) is 2.36. The number of aliphatic carboxylic acids is 1. The van der Waals surface area contributed by atoms with E-state index in [4.69, 9.17) is 9.84 Å². The van der Waals surface area contributed by atoms with Crippen LogP contribution < -0.4 is 9.46 Å². The molecule has 1 aromatic carbocycles. The number of hydrogen-bond donors (Lipinski definition) is 3. The number of methoxy groups -OCH3 is 1. The zero-order valence-electron chi connectivity index (χ0n) is 13.9. The molecule has 0 atom stereocenters. The SMILES string of the molecule is COc1cccc2[nH]cc(C)c12.O=C(O)CNS(=O)(=O)c1ccc(Br)s1. The Morgan fingerprint density at radius 1 is 1.35 bits per heavy atom. The van der Waals surface area contributed by atoms with Gasteiger partial charge in [0.1, 0.15) is 16.5 Å². The van der Waals surface area contributed by atoms with Gasteiger partial charge in [-0.05, 0) is 52.7 Å². The number of nitrogens with one attached hydrogen (secondary N) is 2. The predicted molar refractivity (Wildman–Crippen MR) is 104 cm³/mol. The molecule has 2 heterocycles. The molecule has 10 heteroatoms. The van der Waals surface area contributed by atoms with Crippen LogP contribution in [-0.2, 0) is 14.8 Å². The van der Waals surface area contributed by atoms with Crippen LogP contribution in [0, 0.1) is 6.92 Å². The number of carboxylic acids is 1. The molecule has 0 aliphatic carbocycles. The lowest BCUT2D eigenvalue weighted by atomic mass is 10.2. The molecule has 0 amide bonds. The second-order valence-corrected chi connectivity index (χ2v) is 9.59. The Morgan fingerprint density at radius 2 is 2.08 bits per heavy atom. The fraction of sp³-hybridized carbons (Fsp3) is 0.188. The first-order valence-corrected chi connectivity index (χ1v) is 10.4. The van der Waals surface area contributed by atoms with Crippen LogP contribution in [0.15, 0.2) is 44.5 Å². The molecule has 0 saturated heterocycles. The summed E-state index contributed by atoms with van der Waals surface area (Å²) in [6.45, 7) is 1.46. The zero-order valence-corrected chi connectivity index (χ0v) is 17.2. The Morgan fingerprint density at radius 3 is 2.65 bits per heavy atom. The van der Waals surface area contributed by atoms with Gasteiger partial charge in [0.05, 0.1) is 10.9 Å². The van der Waals surface area contributed by atoms with E-state index in [0.29, 0.717) is 3.79 Å². The Balaban J connectivity index is 0.000000189. The average molecular weight is 461 g/mol. The van der Waals surface area contributed by atoms with Crippen LogP contribution in [0.2, 0.25) is 0 Å². The fourth-order valence-electron chi connectivity index (χ4n) is 2.16. The minimum Gasteiger partial charge on any atom is -0.496 e. The smallest absolute Gasteiger partial charge is 0.318 e. The third kappa shape index (κ3) is 5.07. The highest BCUT2D eigenvalue weighted by atomic mass is 79.9. The average Bonchev–Trinajstić information content (AvgIpc) is 3.20. The molecule has 3 rings (SSSR count). The minimum atomic E-state index is -3.68. The number of thiophene rings is 1. The predicted octanol–water partition coefficient (Wildman–Crippen LogP) is 3.36. The number of aromatic nitrogens is 1. The molecule has 3 N–H and O–H groups in total. The molecule has 26 heavy (non-hydrogen) atoms. The van der Waals surface area contributed by atoms with Crippen molar-refractivity contribution in [3.05, 3.63) is 45.9 Å². The highest BCUT2D eigenvalue weighted by molar-refractivity contribution is 9.11. The van der Waals surface area contributed by atoms with Crippen LogP contribution in [0.5, 0.6) is 5.75 Å². The highest BCUT2D eigenvalue weighted by Crippen LogP contribution is 2.27. The molecule has 0 bridgehead atoms. The fourth-order valence-corrected chi connectivity index (χ4v) is 5.19. The van der Waals surface area contributed by atoms with Crippen molar-refractivity contribution in [2.75, 3.05) is 13.7 Å². The maximum absolute atomic E-state index is 11.4. The van der Waals surface area contributed by atoms with Gasteiger partial charge in [0.15, 0.2) is 0 Å². The first kappa shape index (κ1) is 20.4. The van der Waals surface area contributed by atoms with Gasteiger partial charge in [0.25, 0.3) is 10.0 Å². The van der Waals surface area contributed by atoms with Crippen LogP contribution in [-0.4, -0.2) is 38.1 Å². The lowest BCUT2D eigenvalue weighted by molar-refractivity contribution is -0.135. The molecule has 0 aliphatic rings. The van der Waals surface area contributed by atoms with Gasteiger partial charge >= 0.3 is 5.97 Å². The number of ether oxygens (including phenoxy) is 1. The van der Waals surface area contributed by atoms with E-state index in [1.165, 1.54) is 17.0 Å². The monoisotopic (exact) mass is 460 g/mol. The van der Waals surface area contributed by atoms with Crippen molar-refractivity contribution in [3.63, 3.8) is 0 Å². The van der Waals surface area contributed by atoms with E-state index in [-0.39, 0.29) is 4.21 Å². The summed E-state index contributed by atoms with van der Waals surface area (Å²) in [5.74, 6) is -0.282. The number of carboxylic acid groups (broad SMARTS) is 1. The van der Waals surface area contributed by atoms with Gasteiger partial charge in [-0.25, -0.2) is 8.42 Å². The molecule has 2 aromatic heterocycles. The molecular formula is C16H17BrN2O5S2. The van der Waals surface area contributed by atoms with Crippen molar-refractivity contribution >= 4 is 54.2 Å². The number of aryl methyl sites for hydroxylation is 1. The van der Waals surface area contributed by atoms with Crippen molar-refractivity contribution in [2.24, 2.45) is 0 Å². The summed E-state index contributed by atoms with van der Waals surface area (Å²) < 4.78 is 30.7. The van der Waals surface area contributed by atoms with E-state index in [1.54, 1.807) is 13.2 Å². The topological polar surface area (TPSA) is 108 Å². The van der Waals surface area contributed by atoms with Crippen LogP contribution in [0.4, 0.5) is 0 Å². The maximum Gasteiger partial charge on any atom is 0.318 e. The highest BCUT2D eigenvalue weighted by Gasteiger charge is 2.16. The number of fused-ring (bicyclic) bond motifs is 1. The van der Waals surface area contributed by atoms with Gasteiger partial charge in [0.2, 0.25) is 0 Å². The van der Waals surface area contributed by atoms with Gasteiger partial charge in [-0.15, -0.1) is 11.3 Å². The standard InChI is InChI=1S/C10H11NO.C6H6BrNO4S2/c1-7-6-11-8-4-3-5-9(12-2)10(7)8;7-4-1-2-6(13-4)14(11,12)8-3-5(9)10/h3-6,11H,1-2H3;1-2,8H,3H2,(H,9,10). The van der Waals surface area contributed by atoms with Crippen molar-refractivity contribution in [1.29, 1.82) is 0 Å². The molecular weight excluding hydrogens is 444 g/mol. The first-order chi connectivity index (χ1) is 12.2. The first-order valence-electron chi connectivity index (χ1n) is 7.32. The van der Waals surface area contributed by atoms with Crippen molar-refractivity contribution in [3.8, 4) is 5.75 Å². The van der Waals surface area contributed by atoms with Crippen LogP contribution in [0.3, 0.4) is 0 Å².